The molecular formula is C21H19N5. The highest BCUT2D eigenvalue weighted by atomic mass is 15.0. The molecule has 3 heterocycles. The largest absolute Gasteiger partial charge is 0.387 e. The maximum Gasteiger partial charge on any atom is 0.0948 e. The highest BCUT2D eigenvalue weighted by Crippen LogP contribution is 2.27. The Hall–Kier alpha value is -3.47. The number of benzene rings is 1. The fourth-order valence-electron chi connectivity index (χ4n) is 2.95. The van der Waals surface area contributed by atoms with Crippen LogP contribution in [0.25, 0.3) is 39.0 Å². The van der Waals surface area contributed by atoms with Crippen molar-refractivity contribution in [3.8, 4) is 22.5 Å². The van der Waals surface area contributed by atoms with Gasteiger partial charge in [-0.25, -0.2) is 4.98 Å². The fourth-order valence-corrected chi connectivity index (χ4v) is 2.95. The number of nitrogens with zero attached hydrogens (tertiary/aromatic N) is 4. The Morgan fingerprint density at radius 3 is 2.50 bits per heavy atom. The molecule has 1 N–H and O–H groups in total. The van der Waals surface area contributed by atoms with Crippen LogP contribution in [0.5, 0.6) is 0 Å². The van der Waals surface area contributed by atoms with Gasteiger partial charge in [0.25, 0.3) is 0 Å². The van der Waals surface area contributed by atoms with Crippen molar-refractivity contribution >= 4 is 16.5 Å². The SMILES string of the molecule is C=C(NC)c1ccc(-c2cc3cc(-c4cncn4C)ccc3cn2)cn1. The van der Waals surface area contributed by atoms with Gasteiger partial charge in [0, 0.05) is 43.0 Å². The summed E-state index contributed by atoms with van der Waals surface area (Å²) < 4.78 is 2.01. The van der Waals surface area contributed by atoms with Crippen LogP contribution in [0.1, 0.15) is 5.69 Å². The highest BCUT2D eigenvalue weighted by Gasteiger charge is 2.07. The Labute approximate surface area is 152 Å². The summed E-state index contributed by atoms with van der Waals surface area (Å²) in [6, 6.07) is 12.4. The summed E-state index contributed by atoms with van der Waals surface area (Å²) in [6.07, 6.45) is 7.42. The van der Waals surface area contributed by atoms with Crippen molar-refractivity contribution in [2.45, 2.75) is 0 Å². The molecule has 0 unspecified atom stereocenters. The van der Waals surface area contributed by atoms with Crippen LogP contribution in [-0.2, 0) is 7.05 Å². The number of imidazole rings is 1. The molecule has 3 aromatic heterocycles. The lowest BCUT2D eigenvalue weighted by Crippen LogP contribution is -2.04. The summed E-state index contributed by atoms with van der Waals surface area (Å²) in [7, 11) is 3.83. The molecule has 0 aliphatic carbocycles. The van der Waals surface area contributed by atoms with E-state index in [9.17, 15) is 0 Å². The maximum absolute atomic E-state index is 4.59. The number of nitrogens with one attached hydrogen (secondary N) is 1. The van der Waals surface area contributed by atoms with Gasteiger partial charge in [-0.2, -0.15) is 0 Å². The first kappa shape index (κ1) is 16.0. The standard InChI is InChI=1S/C21H19N5/c1-14(22-2)19-7-6-17(11-24-19)20-9-18-8-15(4-5-16(18)10-25-20)21-12-23-13-26(21)3/h4-13,22H,1H2,2-3H3. The molecule has 0 bridgehead atoms. The summed E-state index contributed by atoms with van der Waals surface area (Å²) in [5.41, 5.74) is 5.72. The van der Waals surface area contributed by atoms with E-state index in [-0.39, 0.29) is 0 Å². The van der Waals surface area contributed by atoms with E-state index >= 15 is 0 Å². The van der Waals surface area contributed by atoms with E-state index in [0.29, 0.717) is 0 Å². The molecule has 4 rings (SSSR count). The quantitative estimate of drug-likeness (QED) is 0.612. The van der Waals surface area contributed by atoms with Crippen LogP contribution in [-0.4, -0.2) is 26.6 Å². The number of aromatic nitrogens is 4. The van der Waals surface area contributed by atoms with Gasteiger partial charge in [0.2, 0.25) is 0 Å². The Morgan fingerprint density at radius 1 is 0.962 bits per heavy atom. The molecule has 5 heteroatoms. The molecule has 128 valence electrons. The van der Waals surface area contributed by atoms with Crippen molar-refractivity contribution in [2.75, 3.05) is 7.05 Å². The Balaban J connectivity index is 1.74. The molecule has 0 spiro atoms. The second-order valence-electron chi connectivity index (χ2n) is 6.18. The minimum atomic E-state index is 0.795. The summed E-state index contributed by atoms with van der Waals surface area (Å²) in [5.74, 6) is 0. The zero-order valence-electron chi connectivity index (χ0n) is 14.8. The topological polar surface area (TPSA) is 55.6 Å². The van der Waals surface area contributed by atoms with Gasteiger partial charge in [-0.05, 0) is 29.7 Å². The van der Waals surface area contributed by atoms with E-state index in [1.54, 1.807) is 0 Å². The van der Waals surface area contributed by atoms with E-state index in [4.69, 9.17) is 0 Å². The van der Waals surface area contributed by atoms with Crippen LogP contribution < -0.4 is 5.32 Å². The molecular weight excluding hydrogens is 322 g/mol. The molecule has 0 aliphatic heterocycles. The van der Waals surface area contributed by atoms with Gasteiger partial charge in [-0.1, -0.05) is 18.7 Å². The van der Waals surface area contributed by atoms with Gasteiger partial charge < -0.3 is 9.88 Å². The summed E-state index contributed by atoms with van der Waals surface area (Å²) in [4.78, 5) is 13.3. The molecule has 0 radical (unpaired) electrons. The highest BCUT2D eigenvalue weighted by molar-refractivity contribution is 5.88. The first-order valence-corrected chi connectivity index (χ1v) is 8.35. The molecule has 0 atom stereocenters. The summed E-state index contributed by atoms with van der Waals surface area (Å²) in [5, 5.41) is 5.25. The Kier molecular flexibility index (Phi) is 3.97. The van der Waals surface area contributed by atoms with Crippen LogP contribution in [0.4, 0.5) is 0 Å². The molecule has 26 heavy (non-hydrogen) atoms. The molecule has 0 saturated heterocycles. The second-order valence-corrected chi connectivity index (χ2v) is 6.18. The van der Waals surface area contributed by atoms with Crippen molar-refractivity contribution in [3.63, 3.8) is 0 Å². The van der Waals surface area contributed by atoms with E-state index in [1.165, 1.54) is 0 Å². The number of pyridine rings is 2. The van der Waals surface area contributed by atoms with Crippen LogP contribution in [0.15, 0.2) is 67.9 Å². The lowest BCUT2D eigenvalue weighted by atomic mass is 10.0. The number of aryl methyl sites for hydroxylation is 1. The van der Waals surface area contributed by atoms with Crippen LogP contribution in [0, 0.1) is 0 Å². The van der Waals surface area contributed by atoms with E-state index in [1.807, 2.05) is 55.7 Å². The number of hydrogen-bond acceptors (Lipinski definition) is 4. The first-order chi connectivity index (χ1) is 12.7. The number of rotatable bonds is 4. The normalized spacial score (nSPS) is 10.8. The molecule has 0 amide bonds. The molecule has 0 saturated carbocycles. The van der Waals surface area contributed by atoms with Crippen molar-refractivity contribution in [2.24, 2.45) is 7.05 Å². The van der Waals surface area contributed by atoms with Crippen molar-refractivity contribution in [1.29, 1.82) is 0 Å². The molecule has 1 aromatic carbocycles. The Morgan fingerprint density at radius 2 is 1.81 bits per heavy atom. The maximum atomic E-state index is 4.59. The average Bonchev–Trinajstić information content (AvgIpc) is 3.12. The van der Waals surface area contributed by atoms with Crippen molar-refractivity contribution in [3.05, 3.63) is 73.6 Å². The van der Waals surface area contributed by atoms with Gasteiger partial charge in [-0.15, -0.1) is 0 Å². The lowest BCUT2D eigenvalue weighted by molar-refractivity contribution is 0.921. The summed E-state index contributed by atoms with van der Waals surface area (Å²) in [6.45, 7) is 3.93. The monoisotopic (exact) mass is 341 g/mol. The number of fused-ring (bicyclic) bond motifs is 1. The molecule has 4 aromatic rings. The van der Waals surface area contributed by atoms with Crippen LogP contribution in [0.3, 0.4) is 0 Å². The van der Waals surface area contributed by atoms with E-state index in [2.05, 4.69) is 51.1 Å². The molecule has 5 nitrogen and oxygen atoms in total. The van der Waals surface area contributed by atoms with Gasteiger partial charge >= 0.3 is 0 Å². The zero-order chi connectivity index (χ0) is 18.1. The Bertz CT molecular complexity index is 1090. The second kappa shape index (κ2) is 6.44. The van der Waals surface area contributed by atoms with Crippen molar-refractivity contribution < 1.29 is 0 Å². The van der Waals surface area contributed by atoms with Crippen LogP contribution >= 0.6 is 0 Å². The molecule has 0 fully saturated rings. The third-order valence-corrected chi connectivity index (χ3v) is 4.50. The van der Waals surface area contributed by atoms with E-state index in [0.717, 1.165) is 44.7 Å². The molecule has 0 aliphatic rings. The van der Waals surface area contributed by atoms with Gasteiger partial charge in [0.1, 0.15) is 0 Å². The van der Waals surface area contributed by atoms with E-state index < -0.39 is 0 Å². The van der Waals surface area contributed by atoms with Gasteiger partial charge in [0.15, 0.2) is 0 Å². The third kappa shape index (κ3) is 2.84. The minimum absolute atomic E-state index is 0.795. The zero-order valence-corrected chi connectivity index (χ0v) is 14.8. The average molecular weight is 341 g/mol. The predicted molar refractivity (Wildman–Crippen MR) is 105 cm³/mol. The number of hydrogen-bond donors (Lipinski definition) is 1. The summed E-state index contributed by atoms with van der Waals surface area (Å²) >= 11 is 0. The predicted octanol–water partition coefficient (Wildman–Crippen LogP) is 3.89. The third-order valence-electron chi connectivity index (χ3n) is 4.50. The fraction of sp³-hybridized carbons (Fsp3) is 0.0952. The smallest absolute Gasteiger partial charge is 0.0948 e. The van der Waals surface area contributed by atoms with Gasteiger partial charge in [-0.3, -0.25) is 9.97 Å². The lowest BCUT2D eigenvalue weighted by Gasteiger charge is -2.08. The van der Waals surface area contributed by atoms with Crippen LogP contribution in [0.2, 0.25) is 0 Å². The first-order valence-electron chi connectivity index (χ1n) is 8.35. The van der Waals surface area contributed by atoms with Crippen molar-refractivity contribution in [1.82, 2.24) is 24.8 Å². The van der Waals surface area contributed by atoms with Gasteiger partial charge in [0.05, 0.1) is 35.3 Å². The minimum Gasteiger partial charge on any atom is -0.387 e.